The topological polar surface area (TPSA) is 43.4 Å². The van der Waals surface area contributed by atoms with E-state index in [9.17, 15) is 9.59 Å². The zero-order chi connectivity index (χ0) is 15.0. The summed E-state index contributed by atoms with van der Waals surface area (Å²) in [7, 11) is 0. The minimum absolute atomic E-state index is 0.0881. The minimum atomic E-state index is -1.18. The second kappa shape index (κ2) is 5.15. The summed E-state index contributed by atoms with van der Waals surface area (Å²) in [5.74, 6) is -1.08. The van der Waals surface area contributed by atoms with E-state index >= 15 is 0 Å². The van der Waals surface area contributed by atoms with Crippen LogP contribution in [0.1, 0.15) is 23.7 Å². The molecule has 0 radical (unpaired) electrons. The summed E-state index contributed by atoms with van der Waals surface area (Å²) in [6.45, 7) is 1.99. The fourth-order valence-electron chi connectivity index (χ4n) is 2.64. The van der Waals surface area contributed by atoms with Crippen molar-refractivity contribution in [2.24, 2.45) is 5.92 Å². The Morgan fingerprint density at radius 3 is 2.71 bits per heavy atom. The quantitative estimate of drug-likeness (QED) is 0.492. The number of halogens is 1. The number of hydrogen-bond acceptors (Lipinski definition) is 3. The maximum atomic E-state index is 12.7. The largest absolute Gasteiger partial charge is 0.465 e. The number of carbonyl (C=O) groups excluding carboxylic acids is 2. The van der Waals surface area contributed by atoms with Gasteiger partial charge in [0.05, 0.1) is 12.5 Å². The van der Waals surface area contributed by atoms with Crippen LogP contribution >= 0.6 is 11.6 Å². The van der Waals surface area contributed by atoms with Gasteiger partial charge in [-0.2, -0.15) is 0 Å². The normalized spacial score (nSPS) is 23.8. The third-order valence-corrected chi connectivity index (χ3v) is 4.45. The molecule has 1 saturated carbocycles. The van der Waals surface area contributed by atoms with E-state index in [0.717, 1.165) is 10.8 Å². The van der Waals surface area contributed by atoms with Crippen molar-refractivity contribution in [2.75, 3.05) is 6.61 Å². The van der Waals surface area contributed by atoms with Crippen LogP contribution in [0, 0.1) is 5.92 Å². The summed E-state index contributed by atoms with van der Waals surface area (Å²) in [4.78, 5) is 23.3. The number of carbonyl (C=O) groups is 2. The van der Waals surface area contributed by atoms with Crippen LogP contribution in [0.2, 0.25) is 0 Å². The third-order valence-electron chi connectivity index (χ3n) is 3.88. The first kappa shape index (κ1) is 14.1. The summed E-state index contributed by atoms with van der Waals surface area (Å²) >= 11 is 6.24. The van der Waals surface area contributed by atoms with E-state index in [-0.39, 0.29) is 12.4 Å². The molecule has 0 aliphatic heterocycles. The Morgan fingerprint density at radius 2 is 1.95 bits per heavy atom. The van der Waals surface area contributed by atoms with E-state index in [4.69, 9.17) is 16.3 Å². The molecule has 0 unspecified atom stereocenters. The van der Waals surface area contributed by atoms with Gasteiger partial charge < -0.3 is 4.74 Å². The molecule has 3 rings (SSSR count). The average molecular weight is 303 g/mol. The summed E-state index contributed by atoms with van der Waals surface area (Å²) in [6.07, 6.45) is 0.343. The predicted octanol–water partition coefficient (Wildman–Crippen LogP) is 3.58. The van der Waals surface area contributed by atoms with E-state index < -0.39 is 16.8 Å². The van der Waals surface area contributed by atoms with Gasteiger partial charge in [-0.25, -0.2) is 0 Å². The first-order valence-corrected chi connectivity index (χ1v) is 7.34. The lowest BCUT2D eigenvalue weighted by molar-refractivity contribution is -0.143. The Morgan fingerprint density at radius 1 is 1.24 bits per heavy atom. The highest BCUT2D eigenvalue weighted by Crippen LogP contribution is 2.52. The number of ether oxygens (including phenoxy) is 1. The van der Waals surface area contributed by atoms with Crippen LogP contribution in [-0.4, -0.2) is 23.2 Å². The van der Waals surface area contributed by atoms with Gasteiger partial charge in [0.15, 0.2) is 10.7 Å². The van der Waals surface area contributed by atoms with Crippen molar-refractivity contribution in [3.8, 4) is 0 Å². The number of rotatable bonds is 4. The van der Waals surface area contributed by atoms with Crippen LogP contribution < -0.4 is 0 Å². The molecule has 2 atom stereocenters. The number of benzene rings is 2. The smallest absolute Gasteiger partial charge is 0.327 e. The average Bonchev–Trinajstić information content (AvgIpc) is 3.20. The van der Waals surface area contributed by atoms with Crippen LogP contribution in [0.25, 0.3) is 10.8 Å². The molecule has 1 aliphatic rings. The van der Waals surface area contributed by atoms with Crippen LogP contribution in [0.5, 0.6) is 0 Å². The van der Waals surface area contributed by atoms with Crippen molar-refractivity contribution < 1.29 is 14.3 Å². The lowest BCUT2D eigenvalue weighted by Gasteiger charge is -2.09. The van der Waals surface area contributed by atoms with E-state index in [0.29, 0.717) is 12.0 Å². The summed E-state index contributed by atoms with van der Waals surface area (Å²) in [5, 5.41) is 1.89. The summed E-state index contributed by atoms with van der Waals surface area (Å²) in [5.41, 5.74) is 0.616. The van der Waals surface area contributed by atoms with Crippen molar-refractivity contribution in [2.45, 2.75) is 18.2 Å². The molecule has 21 heavy (non-hydrogen) atoms. The number of esters is 1. The van der Waals surface area contributed by atoms with Crippen LogP contribution in [0.3, 0.4) is 0 Å². The molecule has 4 heteroatoms. The predicted molar refractivity (Wildman–Crippen MR) is 81.6 cm³/mol. The Hall–Kier alpha value is -1.87. The van der Waals surface area contributed by atoms with E-state index in [2.05, 4.69) is 0 Å². The molecule has 1 fully saturated rings. The van der Waals surface area contributed by atoms with Crippen molar-refractivity contribution >= 4 is 34.1 Å². The molecule has 0 saturated heterocycles. The highest BCUT2D eigenvalue weighted by atomic mass is 35.5. The Kier molecular flexibility index (Phi) is 3.46. The maximum Gasteiger partial charge on any atom is 0.327 e. The Balaban J connectivity index is 1.91. The van der Waals surface area contributed by atoms with Crippen LogP contribution in [0.4, 0.5) is 0 Å². The molecule has 0 aromatic heterocycles. The first-order valence-electron chi connectivity index (χ1n) is 6.96. The van der Waals surface area contributed by atoms with Gasteiger partial charge in [0, 0.05) is 5.56 Å². The molecule has 2 aromatic carbocycles. The lowest BCUT2D eigenvalue weighted by Crippen LogP contribution is -2.24. The highest BCUT2D eigenvalue weighted by molar-refractivity contribution is 6.39. The van der Waals surface area contributed by atoms with E-state index in [1.54, 1.807) is 13.0 Å². The fraction of sp³-hybridized carbons (Fsp3) is 0.294. The minimum Gasteiger partial charge on any atom is -0.465 e. The third kappa shape index (κ3) is 2.32. The summed E-state index contributed by atoms with van der Waals surface area (Å²) in [6, 6.07) is 13.3. The number of alkyl halides is 1. The number of fused-ring (bicyclic) bond motifs is 1. The zero-order valence-electron chi connectivity index (χ0n) is 11.6. The van der Waals surface area contributed by atoms with E-state index in [1.807, 2.05) is 36.4 Å². The molecule has 0 heterocycles. The standard InChI is InChI=1S/C17H15ClO3/c1-2-21-16(20)17(18)10-14(17)15(19)13-9-5-7-11-6-3-4-8-12(11)13/h3-9,14H,2,10H2,1H3/t14-,17+/m0/s1. The molecular weight excluding hydrogens is 288 g/mol. The summed E-state index contributed by atoms with van der Waals surface area (Å²) < 4.78 is 4.95. The van der Waals surface area contributed by atoms with Gasteiger partial charge in [0.2, 0.25) is 0 Å². The van der Waals surface area contributed by atoms with Gasteiger partial charge in [-0.1, -0.05) is 42.5 Å². The molecule has 0 amide bonds. The first-order chi connectivity index (χ1) is 10.1. The molecule has 3 nitrogen and oxygen atoms in total. The zero-order valence-corrected chi connectivity index (χ0v) is 12.4. The van der Waals surface area contributed by atoms with Crippen molar-refractivity contribution in [1.29, 1.82) is 0 Å². The monoisotopic (exact) mass is 302 g/mol. The second-order valence-corrected chi connectivity index (χ2v) is 5.91. The van der Waals surface area contributed by atoms with Gasteiger partial charge in [0.1, 0.15) is 0 Å². The Labute approximate surface area is 127 Å². The highest BCUT2D eigenvalue weighted by Gasteiger charge is 2.64. The molecular formula is C17H15ClO3. The molecule has 0 bridgehead atoms. The fourth-order valence-corrected chi connectivity index (χ4v) is 2.95. The SMILES string of the molecule is CCOC(=O)[C@@]1(Cl)C[C@H]1C(=O)c1cccc2ccccc12. The second-order valence-electron chi connectivity index (χ2n) is 5.23. The molecule has 1 aliphatic carbocycles. The molecule has 108 valence electrons. The maximum absolute atomic E-state index is 12.7. The van der Waals surface area contributed by atoms with Crippen LogP contribution in [0.15, 0.2) is 42.5 Å². The van der Waals surface area contributed by atoms with Gasteiger partial charge in [-0.3, -0.25) is 9.59 Å². The van der Waals surface area contributed by atoms with Gasteiger partial charge in [0.25, 0.3) is 0 Å². The van der Waals surface area contributed by atoms with Gasteiger partial charge in [-0.15, -0.1) is 11.6 Å². The molecule has 2 aromatic rings. The van der Waals surface area contributed by atoms with Gasteiger partial charge in [-0.05, 0) is 24.1 Å². The van der Waals surface area contributed by atoms with Crippen molar-refractivity contribution in [3.63, 3.8) is 0 Å². The Bertz CT molecular complexity index is 720. The molecule has 0 spiro atoms. The van der Waals surface area contributed by atoms with Crippen molar-refractivity contribution in [1.82, 2.24) is 0 Å². The van der Waals surface area contributed by atoms with Crippen molar-refractivity contribution in [3.05, 3.63) is 48.0 Å². The van der Waals surface area contributed by atoms with Gasteiger partial charge >= 0.3 is 5.97 Å². The number of ketones is 1. The van der Waals surface area contributed by atoms with E-state index in [1.165, 1.54) is 0 Å². The number of hydrogen-bond donors (Lipinski definition) is 0. The molecule has 0 N–H and O–H groups in total. The van der Waals surface area contributed by atoms with Crippen LogP contribution in [-0.2, 0) is 9.53 Å². The lowest BCUT2D eigenvalue weighted by atomic mass is 9.98. The number of Topliss-reactive ketones (excluding diaryl/α,β-unsaturated/α-hetero) is 1.